The Balaban J connectivity index is 2.20. The molecule has 1 aromatic heterocycles. The van der Waals surface area contributed by atoms with Crippen LogP contribution in [0.3, 0.4) is 0 Å². The zero-order valence-corrected chi connectivity index (χ0v) is 8.67. The van der Waals surface area contributed by atoms with Gasteiger partial charge in [0.05, 0.1) is 0 Å². The van der Waals surface area contributed by atoms with Crippen molar-refractivity contribution in [3.8, 4) is 0 Å². The first kappa shape index (κ1) is 11.9. The number of nitrogens with zero attached hydrogens (tertiary/aromatic N) is 1. The van der Waals surface area contributed by atoms with E-state index in [0.29, 0.717) is 0 Å². The van der Waals surface area contributed by atoms with E-state index in [4.69, 9.17) is 0 Å². The lowest BCUT2D eigenvalue weighted by atomic mass is 9.85. The van der Waals surface area contributed by atoms with Crippen LogP contribution in [0.2, 0.25) is 0 Å². The number of alkyl halides is 3. The van der Waals surface area contributed by atoms with Crippen LogP contribution >= 0.6 is 0 Å². The molecule has 2 rings (SSSR count). The molecule has 1 aromatic rings. The van der Waals surface area contributed by atoms with Crippen molar-refractivity contribution in [1.82, 2.24) is 10.5 Å². The van der Waals surface area contributed by atoms with Gasteiger partial charge in [-0.3, -0.25) is 4.79 Å². The third-order valence-corrected chi connectivity index (χ3v) is 2.81. The van der Waals surface area contributed by atoms with E-state index in [1.54, 1.807) is 0 Å². The third kappa shape index (κ3) is 1.99. The SMILES string of the molecule is O=C(Nc1ccon1)C1(C(F)(F)F)CCNC1. The predicted octanol–water partition coefficient (Wildman–Crippen LogP) is 1.16. The third-order valence-electron chi connectivity index (χ3n) is 2.81. The van der Waals surface area contributed by atoms with Crippen molar-refractivity contribution < 1.29 is 22.5 Å². The van der Waals surface area contributed by atoms with Crippen LogP contribution in [0.25, 0.3) is 0 Å². The van der Waals surface area contributed by atoms with Gasteiger partial charge in [0, 0.05) is 12.6 Å². The minimum Gasteiger partial charge on any atom is -0.363 e. The molecule has 8 heteroatoms. The zero-order valence-electron chi connectivity index (χ0n) is 8.67. The standard InChI is InChI=1S/C9H10F3N3O2/c10-9(11,12)8(2-3-13-5-8)7(16)14-6-1-4-17-15-6/h1,4,13H,2-3,5H2,(H,14,15,16). The smallest absolute Gasteiger partial charge is 0.363 e. The van der Waals surface area contributed by atoms with Gasteiger partial charge in [-0.2, -0.15) is 13.2 Å². The summed E-state index contributed by atoms with van der Waals surface area (Å²) >= 11 is 0. The van der Waals surface area contributed by atoms with Crippen LogP contribution < -0.4 is 10.6 Å². The fraction of sp³-hybridized carbons (Fsp3) is 0.556. The monoisotopic (exact) mass is 249 g/mol. The molecule has 0 saturated carbocycles. The average molecular weight is 249 g/mol. The highest BCUT2D eigenvalue weighted by molar-refractivity contribution is 5.95. The minimum atomic E-state index is -4.59. The van der Waals surface area contributed by atoms with E-state index in [0.717, 1.165) is 0 Å². The lowest BCUT2D eigenvalue weighted by Crippen LogP contribution is -2.49. The van der Waals surface area contributed by atoms with E-state index in [9.17, 15) is 18.0 Å². The van der Waals surface area contributed by atoms with Gasteiger partial charge in [0.2, 0.25) is 5.91 Å². The summed E-state index contributed by atoms with van der Waals surface area (Å²) in [6.07, 6.45) is -3.70. The van der Waals surface area contributed by atoms with E-state index >= 15 is 0 Å². The van der Waals surface area contributed by atoms with Crippen LogP contribution in [-0.4, -0.2) is 30.3 Å². The maximum absolute atomic E-state index is 13.0. The summed E-state index contributed by atoms with van der Waals surface area (Å²) in [6.45, 7) is -0.258. The number of hydrogen-bond acceptors (Lipinski definition) is 4. The van der Waals surface area contributed by atoms with Gasteiger partial charge < -0.3 is 15.2 Å². The largest absolute Gasteiger partial charge is 0.404 e. The van der Waals surface area contributed by atoms with E-state index < -0.39 is 24.0 Å². The van der Waals surface area contributed by atoms with Crippen LogP contribution in [0.5, 0.6) is 0 Å². The van der Waals surface area contributed by atoms with E-state index in [1.807, 2.05) is 0 Å². The molecule has 1 fully saturated rings. The first-order valence-electron chi connectivity index (χ1n) is 4.95. The van der Waals surface area contributed by atoms with Crippen LogP contribution in [-0.2, 0) is 4.79 Å². The fourth-order valence-electron chi connectivity index (χ4n) is 1.77. The second kappa shape index (κ2) is 4.02. The molecule has 0 aromatic carbocycles. The molecular formula is C9H10F3N3O2. The second-order valence-electron chi connectivity index (χ2n) is 3.85. The number of halogens is 3. The number of anilines is 1. The maximum Gasteiger partial charge on any atom is 0.404 e. The van der Waals surface area contributed by atoms with Crippen LogP contribution in [0.4, 0.5) is 19.0 Å². The molecule has 0 radical (unpaired) electrons. The Morgan fingerprint density at radius 3 is 2.82 bits per heavy atom. The van der Waals surface area contributed by atoms with Crippen molar-refractivity contribution in [1.29, 1.82) is 0 Å². The number of nitrogens with one attached hydrogen (secondary N) is 2. The molecule has 1 atom stereocenters. The van der Waals surface area contributed by atoms with Gasteiger partial charge in [-0.05, 0) is 13.0 Å². The van der Waals surface area contributed by atoms with E-state index in [2.05, 4.69) is 20.3 Å². The van der Waals surface area contributed by atoms with E-state index in [-0.39, 0.29) is 18.8 Å². The average Bonchev–Trinajstić information content (AvgIpc) is 2.85. The lowest BCUT2D eigenvalue weighted by Gasteiger charge is -2.28. The Kier molecular flexibility index (Phi) is 2.82. The fourth-order valence-corrected chi connectivity index (χ4v) is 1.77. The molecule has 1 amide bonds. The van der Waals surface area contributed by atoms with Gasteiger partial charge in [-0.15, -0.1) is 0 Å². The number of rotatable bonds is 2. The lowest BCUT2D eigenvalue weighted by molar-refractivity contribution is -0.213. The minimum absolute atomic E-state index is 0.0227. The number of hydrogen-bond donors (Lipinski definition) is 2. The summed E-state index contributed by atoms with van der Waals surface area (Å²) < 4.78 is 43.3. The molecule has 0 spiro atoms. The number of carbonyl (C=O) groups is 1. The summed E-state index contributed by atoms with van der Waals surface area (Å²) in [7, 11) is 0. The highest BCUT2D eigenvalue weighted by Crippen LogP contribution is 2.43. The highest BCUT2D eigenvalue weighted by Gasteiger charge is 2.61. The van der Waals surface area contributed by atoms with E-state index in [1.165, 1.54) is 12.3 Å². The van der Waals surface area contributed by atoms with Crippen molar-refractivity contribution in [2.45, 2.75) is 12.6 Å². The molecule has 1 aliphatic rings. The molecule has 1 unspecified atom stereocenters. The molecule has 0 aliphatic carbocycles. The molecule has 2 N–H and O–H groups in total. The van der Waals surface area contributed by atoms with Crippen molar-refractivity contribution in [3.63, 3.8) is 0 Å². The van der Waals surface area contributed by atoms with Gasteiger partial charge in [0.1, 0.15) is 6.26 Å². The summed E-state index contributed by atoms with van der Waals surface area (Å²) in [4.78, 5) is 11.7. The topological polar surface area (TPSA) is 67.2 Å². The molecule has 1 saturated heterocycles. The Hall–Kier alpha value is -1.57. The molecule has 94 valence electrons. The summed E-state index contributed by atoms with van der Waals surface area (Å²) in [6, 6.07) is 1.28. The zero-order chi connectivity index (χ0) is 12.5. The molecule has 0 bridgehead atoms. The van der Waals surface area contributed by atoms with Crippen molar-refractivity contribution in [2.24, 2.45) is 5.41 Å². The van der Waals surface area contributed by atoms with Crippen LogP contribution in [0.15, 0.2) is 16.9 Å². The summed E-state index contributed by atoms with van der Waals surface area (Å²) in [5.74, 6) is -1.13. The molecule has 17 heavy (non-hydrogen) atoms. The van der Waals surface area contributed by atoms with Gasteiger partial charge in [-0.1, -0.05) is 5.16 Å². The van der Waals surface area contributed by atoms with Crippen LogP contribution in [0, 0.1) is 5.41 Å². The quantitative estimate of drug-likeness (QED) is 0.825. The Labute approximate surface area is 94.3 Å². The molecule has 5 nitrogen and oxygen atoms in total. The maximum atomic E-state index is 13.0. The van der Waals surface area contributed by atoms with Gasteiger partial charge in [0.15, 0.2) is 11.2 Å². The molecule has 2 heterocycles. The molecular weight excluding hydrogens is 239 g/mol. The Morgan fingerprint density at radius 1 is 1.59 bits per heavy atom. The molecule has 1 aliphatic heterocycles. The first-order valence-corrected chi connectivity index (χ1v) is 4.95. The number of amides is 1. The number of carbonyl (C=O) groups excluding carboxylic acids is 1. The van der Waals surface area contributed by atoms with Gasteiger partial charge in [0.25, 0.3) is 0 Å². The van der Waals surface area contributed by atoms with Crippen molar-refractivity contribution in [3.05, 3.63) is 12.3 Å². The van der Waals surface area contributed by atoms with Crippen molar-refractivity contribution in [2.75, 3.05) is 18.4 Å². The first-order chi connectivity index (χ1) is 7.96. The van der Waals surface area contributed by atoms with Gasteiger partial charge >= 0.3 is 6.18 Å². The highest BCUT2D eigenvalue weighted by atomic mass is 19.4. The Morgan fingerprint density at radius 2 is 2.35 bits per heavy atom. The van der Waals surface area contributed by atoms with Crippen molar-refractivity contribution >= 4 is 11.7 Å². The predicted molar refractivity (Wildman–Crippen MR) is 51.1 cm³/mol. The summed E-state index contributed by atoms with van der Waals surface area (Å²) in [5.41, 5.74) is -2.38. The second-order valence-corrected chi connectivity index (χ2v) is 3.85. The normalized spacial score (nSPS) is 24.9. The van der Waals surface area contributed by atoms with Crippen LogP contribution in [0.1, 0.15) is 6.42 Å². The van der Waals surface area contributed by atoms with Gasteiger partial charge in [-0.25, -0.2) is 0 Å². The number of aromatic nitrogens is 1. The summed E-state index contributed by atoms with van der Waals surface area (Å²) in [5, 5.41) is 8.01. The Bertz CT molecular complexity index is 396.